The van der Waals surface area contributed by atoms with Gasteiger partial charge in [0.2, 0.25) is 5.91 Å². The fourth-order valence-corrected chi connectivity index (χ4v) is 2.67. The molecule has 0 saturated carbocycles. The Hall–Kier alpha value is -2.00. The lowest BCUT2D eigenvalue weighted by Gasteiger charge is -2.15. The van der Waals surface area contributed by atoms with Crippen LogP contribution in [0.25, 0.3) is 0 Å². The van der Waals surface area contributed by atoms with Crippen molar-refractivity contribution in [2.45, 2.75) is 25.1 Å². The van der Waals surface area contributed by atoms with Crippen LogP contribution in [0.4, 0.5) is 13.2 Å². The van der Waals surface area contributed by atoms with Crippen molar-refractivity contribution in [1.82, 2.24) is 10.6 Å². The Bertz CT molecular complexity index is 610. The Labute approximate surface area is 149 Å². The summed E-state index contributed by atoms with van der Waals surface area (Å²) in [5.74, 6) is 0.0395. The van der Waals surface area contributed by atoms with Gasteiger partial charge in [0.05, 0.1) is 13.2 Å². The number of carbonyl (C=O) groups excluding carboxylic acids is 1. The van der Waals surface area contributed by atoms with E-state index in [0.717, 1.165) is 5.56 Å². The quantitative estimate of drug-likeness (QED) is 0.637. The van der Waals surface area contributed by atoms with Crippen molar-refractivity contribution in [3.8, 4) is 11.5 Å². The first-order valence-corrected chi connectivity index (χ1v) is 8.30. The fraction of sp³-hybridized carbons (Fsp3) is 0.588. The van der Waals surface area contributed by atoms with Crippen molar-refractivity contribution in [3.05, 3.63) is 23.8 Å². The molecule has 1 aromatic carbocycles. The summed E-state index contributed by atoms with van der Waals surface area (Å²) in [4.78, 5) is 11.9. The SMILES string of the molecule is COc1cc(CCC(=O)NCC2CNCC2O)ccc1OCC(F)(F)F. The minimum absolute atomic E-state index is 0.000692. The minimum Gasteiger partial charge on any atom is -0.493 e. The molecule has 0 aliphatic carbocycles. The van der Waals surface area contributed by atoms with Crippen molar-refractivity contribution in [2.24, 2.45) is 5.92 Å². The van der Waals surface area contributed by atoms with Gasteiger partial charge < -0.3 is 25.2 Å². The van der Waals surface area contributed by atoms with Crippen LogP contribution in [-0.2, 0) is 11.2 Å². The Morgan fingerprint density at radius 1 is 1.35 bits per heavy atom. The molecule has 3 N–H and O–H groups in total. The number of hydrogen-bond donors (Lipinski definition) is 3. The van der Waals surface area contributed by atoms with Crippen molar-refractivity contribution in [1.29, 1.82) is 0 Å². The van der Waals surface area contributed by atoms with E-state index in [9.17, 15) is 23.1 Å². The van der Waals surface area contributed by atoms with E-state index in [2.05, 4.69) is 10.6 Å². The van der Waals surface area contributed by atoms with E-state index in [-0.39, 0.29) is 29.7 Å². The van der Waals surface area contributed by atoms with Gasteiger partial charge in [0, 0.05) is 32.0 Å². The molecule has 6 nitrogen and oxygen atoms in total. The van der Waals surface area contributed by atoms with Gasteiger partial charge in [-0.3, -0.25) is 4.79 Å². The number of aryl methyl sites for hydroxylation is 1. The molecule has 1 heterocycles. The van der Waals surface area contributed by atoms with Crippen LogP contribution in [0, 0.1) is 5.92 Å². The Kier molecular flexibility index (Phi) is 7.10. The Morgan fingerprint density at radius 2 is 2.12 bits per heavy atom. The highest BCUT2D eigenvalue weighted by Gasteiger charge is 2.29. The summed E-state index contributed by atoms with van der Waals surface area (Å²) < 4.78 is 46.5. The van der Waals surface area contributed by atoms with Crippen LogP contribution < -0.4 is 20.1 Å². The average molecular weight is 376 g/mol. The predicted octanol–water partition coefficient (Wildman–Crippen LogP) is 1.27. The smallest absolute Gasteiger partial charge is 0.422 e. The summed E-state index contributed by atoms with van der Waals surface area (Å²) in [5, 5.41) is 15.5. The van der Waals surface area contributed by atoms with E-state index in [1.54, 1.807) is 12.1 Å². The number of methoxy groups -OCH3 is 1. The molecule has 2 rings (SSSR count). The second kappa shape index (κ2) is 9.09. The largest absolute Gasteiger partial charge is 0.493 e. The molecule has 26 heavy (non-hydrogen) atoms. The maximum absolute atomic E-state index is 12.2. The molecular weight excluding hydrogens is 353 g/mol. The number of rotatable bonds is 8. The molecule has 1 aromatic rings. The number of nitrogens with one attached hydrogen (secondary N) is 2. The lowest BCUT2D eigenvalue weighted by Crippen LogP contribution is -2.34. The van der Waals surface area contributed by atoms with Crippen LogP contribution in [0.15, 0.2) is 18.2 Å². The van der Waals surface area contributed by atoms with Gasteiger partial charge in [-0.25, -0.2) is 0 Å². The van der Waals surface area contributed by atoms with Gasteiger partial charge in [0.25, 0.3) is 0 Å². The zero-order valence-corrected chi connectivity index (χ0v) is 14.4. The molecular formula is C17H23F3N2O4. The third-order valence-electron chi connectivity index (χ3n) is 4.13. The molecule has 0 spiro atoms. The monoisotopic (exact) mass is 376 g/mol. The first-order valence-electron chi connectivity index (χ1n) is 8.30. The third-order valence-corrected chi connectivity index (χ3v) is 4.13. The molecule has 1 fully saturated rings. The summed E-state index contributed by atoms with van der Waals surface area (Å²) in [6.07, 6.45) is -4.25. The van der Waals surface area contributed by atoms with Crippen LogP contribution in [0.5, 0.6) is 11.5 Å². The highest BCUT2D eigenvalue weighted by molar-refractivity contribution is 5.76. The van der Waals surface area contributed by atoms with Crippen molar-refractivity contribution >= 4 is 5.91 Å². The number of carbonyl (C=O) groups is 1. The summed E-state index contributed by atoms with van der Waals surface area (Å²) in [6.45, 7) is 0.203. The van der Waals surface area contributed by atoms with E-state index in [1.807, 2.05) is 0 Å². The highest BCUT2D eigenvalue weighted by atomic mass is 19.4. The number of ether oxygens (including phenoxy) is 2. The van der Waals surface area contributed by atoms with Gasteiger partial charge in [-0.15, -0.1) is 0 Å². The lowest BCUT2D eigenvalue weighted by molar-refractivity contribution is -0.153. The van der Waals surface area contributed by atoms with Gasteiger partial charge >= 0.3 is 6.18 Å². The Morgan fingerprint density at radius 3 is 2.73 bits per heavy atom. The van der Waals surface area contributed by atoms with E-state index >= 15 is 0 Å². The summed E-state index contributed by atoms with van der Waals surface area (Å²) in [6, 6.07) is 4.56. The van der Waals surface area contributed by atoms with Gasteiger partial charge in [-0.1, -0.05) is 6.07 Å². The topological polar surface area (TPSA) is 79.8 Å². The number of alkyl halides is 3. The molecule has 0 aromatic heterocycles. The molecule has 0 bridgehead atoms. The highest BCUT2D eigenvalue weighted by Crippen LogP contribution is 2.30. The average Bonchev–Trinajstić information content (AvgIpc) is 3.00. The summed E-state index contributed by atoms with van der Waals surface area (Å²) in [7, 11) is 1.34. The van der Waals surface area contributed by atoms with Crippen molar-refractivity contribution < 1.29 is 32.5 Å². The number of hydrogen-bond acceptors (Lipinski definition) is 5. The number of benzene rings is 1. The zero-order valence-electron chi connectivity index (χ0n) is 14.4. The first kappa shape index (κ1) is 20.3. The van der Waals surface area contributed by atoms with E-state index in [4.69, 9.17) is 9.47 Å². The second-order valence-corrected chi connectivity index (χ2v) is 6.18. The third kappa shape index (κ3) is 6.38. The fourth-order valence-electron chi connectivity index (χ4n) is 2.67. The van der Waals surface area contributed by atoms with Crippen LogP contribution in [-0.4, -0.2) is 56.6 Å². The van der Waals surface area contributed by atoms with E-state index in [0.29, 0.717) is 26.1 Å². The minimum atomic E-state index is -4.43. The van der Waals surface area contributed by atoms with E-state index < -0.39 is 18.9 Å². The second-order valence-electron chi connectivity index (χ2n) is 6.18. The van der Waals surface area contributed by atoms with Gasteiger partial charge in [-0.05, 0) is 24.1 Å². The first-order chi connectivity index (χ1) is 12.3. The van der Waals surface area contributed by atoms with Gasteiger partial charge in [0.15, 0.2) is 18.1 Å². The molecule has 9 heteroatoms. The predicted molar refractivity (Wildman–Crippen MR) is 88.2 cm³/mol. The van der Waals surface area contributed by atoms with Gasteiger partial charge in [0.1, 0.15) is 0 Å². The van der Waals surface area contributed by atoms with Crippen LogP contribution in [0.1, 0.15) is 12.0 Å². The molecule has 1 saturated heterocycles. The number of aliphatic hydroxyl groups is 1. The maximum Gasteiger partial charge on any atom is 0.422 e. The zero-order chi connectivity index (χ0) is 19.2. The van der Waals surface area contributed by atoms with E-state index in [1.165, 1.54) is 13.2 Å². The molecule has 2 unspecified atom stereocenters. The molecule has 1 amide bonds. The molecule has 146 valence electrons. The summed E-state index contributed by atoms with van der Waals surface area (Å²) >= 11 is 0. The number of halogens is 3. The van der Waals surface area contributed by atoms with Gasteiger partial charge in [-0.2, -0.15) is 13.2 Å². The number of β-amino-alcohol motifs (C(OH)–C–C–N with tert-alkyl or cyclic N) is 1. The summed E-state index contributed by atoms with van der Waals surface area (Å²) in [5.41, 5.74) is 0.749. The molecule has 1 aliphatic heterocycles. The molecule has 0 radical (unpaired) electrons. The van der Waals surface area contributed by atoms with Crippen LogP contribution >= 0.6 is 0 Å². The Balaban J connectivity index is 1.82. The number of aliphatic hydroxyl groups excluding tert-OH is 1. The molecule has 2 atom stereocenters. The maximum atomic E-state index is 12.2. The van der Waals surface area contributed by atoms with Crippen LogP contribution in [0.3, 0.4) is 0 Å². The number of amides is 1. The normalized spacial score (nSPS) is 20.0. The van der Waals surface area contributed by atoms with Crippen LogP contribution in [0.2, 0.25) is 0 Å². The van der Waals surface area contributed by atoms with Crippen molar-refractivity contribution in [3.63, 3.8) is 0 Å². The van der Waals surface area contributed by atoms with Crippen molar-refractivity contribution in [2.75, 3.05) is 33.4 Å². The molecule has 1 aliphatic rings. The standard InChI is InChI=1S/C17H23F3N2O4/c1-25-15-6-11(2-4-14(15)26-10-17(18,19)20)3-5-16(24)22-8-12-7-21-9-13(12)23/h2,4,6,12-13,21,23H,3,5,7-10H2,1H3,(H,22,24). The lowest BCUT2D eigenvalue weighted by atomic mass is 10.1.